The van der Waals surface area contributed by atoms with Crippen LogP contribution in [0.25, 0.3) is 10.6 Å². The molecular formula is C32H30N6O4S. The maximum absolute atomic E-state index is 13.8. The fourth-order valence-corrected chi connectivity index (χ4v) is 6.23. The Labute approximate surface area is 252 Å². The smallest absolute Gasteiger partial charge is 0.221 e. The van der Waals surface area contributed by atoms with E-state index < -0.39 is 0 Å². The number of furan rings is 1. The highest BCUT2D eigenvalue weighted by molar-refractivity contribution is 7.13. The zero-order valence-electron chi connectivity index (χ0n) is 23.7. The van der Waals surface area contributed by atoms with E-state index in [9.17, 15) is 4.79 Å². The quantitative estimate of drug-likeness (QED) is 0.170. The number of nitrogens with two attached hydrogens (primary N) is 2. The van der Waals surface area contributed by atoms with Crippen LogP contribution in [-0.2, 0) is 12.8 Å². The largest absolute Gasteiger partial charge is 0.493 e. The number of methoxy groups -OCH3 is 2. The highest BCUT2D eigenvalue weighted by atomic mass is 32.1. The van der Waals surface area contributed by atoms with Crippen LogP contribution in [0.2, 0.25) is 0 Å². The SMILES string of the molecule is COc1cc(Cc2cnc(N)nc2N)cc(C(=O)C=CN2CCc3ccccc3C2c2ncsc2-c2ccco2)c1OC. The third-order valence-corrected chi connectivity index (χ3v) is 8.31. The Morgan fingerprint density at radius 2 is 2.00 bits per heavy atom. The summed E-state index contributed by atoms with van der Waals surface area (Å²) >= 11 is 1.53. The van der Waals surface area contributed by atoms with Crippen molar-refractivity contribution >= 4 is 28.9 Å². The van der Waals surface area contributed by atoms with Crippen LogP contribution >= 0.6 is 11.3 Å². The fourth-order valence-electron chi connectivity index (χ4n) is 5.44. The highest BCUT2D eigenvalue weighted by Gasteiger charge is 2.31. The van der Waals surface area contributed by atoms with Crippen LogP contribution in [0.5, 0.6) is 11.5 Å². The van der Waals surface area contributed by atoms with Gasteiger partial charge in [0.15, 0.2) is 17.3 Å². The summed E-state index contributed by atoms with van der Waals surface area (Å²) in [6, 6.07) is 15.6. The Morgan fingerprint density at radius 1 is 1.14 bits per heavy atom. The molecule has 6 rings (SSSR count). The molecule has 10 nitrogen and oxygen atoms in total. The number of carbonyl (C=O) groups is 1. The molecule has 1 aliphatic heterocycles. The molecule has 0 radical (unpaired) electrons. The van der Waals surface area contributed by atoms with Crippen LogP contribution in [0.15, 0.2) is 83.2 Å². The molecule has 43 heavy (non-hydrogen) atoms. The van der Waals surface area contributed by atoms with Crippen molar-refractivity contribution in [3.05, 3.63) is 112 Å². The van der Waals surface area contributed by atoms with E-state index in [0.717, 1.165) is 33.9 Å². The van der Waals surface area contributed by atoms with Gasteiger partial charge in [-0.3, -0.25) is 4.79 Å². The van der Waals surface area contributed by atoms with Gasteiger partial charge in [-0.25, -0.2) is 9.97 Å². The van der Waals surface area contributed by atoms with Gasteiger partial charge in [0.05, 0.1) is 48.2 Å². The van der Waals surface area contributed by atoms with Crippen molar-refractivity contribution in [1.29, 1.82) is 0 Å². The number of benzene rings is 2. The summed E-state index contributed by atoms with van der Waals surface area (Å²) in [4.78, 5) is 29.8. The number of allylic oxidation sites excluding steroid dienone is 1. The summed E-state index contributed by atoms with van der Waals surface area (Å²) < 4.78 is 17.0. The topological polar surface area (TPSA) is 143 Å². The number of thiazole rings is 1. The Bertz CT molecular complexity index is 1800. The second-order valence-electron chi connectivity index (χ2n) is 10.0. The molecule has 0 bridgehead atoms. The van der Waals surface area contributed by atoms with E-state index >= 15 is 0 Å². The van der Waals surface area contributed by atoms with Crippen molar-refractivity contribution in [3.8, 4) is 22.1 Å². The summed E-state index contributed by atoms with van der Waals surface area (Å²) in [7, 11) is 3.05. The van der Waals surface area contributed by atoms with Crippen LogP contribution in [0.1, 0.15) is 44.3 Å². The zero-order valence-corrected chi connectivity index (χ0v) is 24.5. The van der Waals surface area contributed by atoms with Crippen molar-refractivity contribution < 1.29 is 18.7 Å². The Balaban J connectivity index is 1.35. The minimum Gasteiger partial charge on any atom is -0.493 e. The normalized spacial score (nSPS) is 14.6. The molecule has 1 atom stereocenters. The lowest BCUT2D eigenvalue weighted by Gasteiger charge is -2.36. The molecule has 3 aromatic heterocycles. The van der Waals surface area contributed by atoms with Gasteiger partial charge in [0, 0.05) is 37.0 Å². The van der Waals surface area contributed by atoms with Crippen LogP contribution in [0.3, 0.4) is 0 Å². The van der Waals surface area contributed by atoms with E-state index in [1.807, 2.05) is 36.0 Å². The molecule has 11 heteroatoms. The van der Waals surface area contributed by atoms with E-state index in [2.05, 4.69) is 33.1 Å². The van der Waals surface area contributed by atoms with Crippen LogP contribution in [0, 0.1) is 0 Å². The number of fused-ring (bicyclic) bond motifs is 1. The monoisotopic (exact) mass is 594 g/mol. The molecule has 4 heterocycles. The number of hydrogen-bond donors (Lipinski definition) is 2. The van der Waals surface area contributed by atoms with E-state index in [0.29, 0.717) is 35.6 Å². The van der Waals surface area contributed by atoms with Crippen molar-refractivity contribution in [2.75, 3.05) is 32.2 Å². The molecule has 0 fully saturated rings. The first-order valence-electron chi connectivity index (χ1n) is 13.6. The molecule has 218 valence electrons. The van der Waals surface area contributed by atoms with Crippen molar-refractivity contribution in [2.45, 2.75) is 18.9 Å². The molecule has 1 unspecified atom stereocenters. The van der Waals surface area contributed by atoms with Crippen molar-refractivity contribution in [1.82, 2.24) is 19.9 Å². The van der Waals surface area contributed by atoms with Crippen molar-refractivity contribution in [2.24, 2.45) is 0 Å². The number of nitrogen functional groups attached to an aromatic ring is 2. The van der Waals surface area contributed by atoms with Crippen molar-refractivity contribution in [3.63, 3.8) is 0 Å². The molecule has 0 aliphatic carbocycles. The lowest BCUT2D eigenvalue weighted by atomic mass is 9.90. The average molecular weight is 595 g/mol. The Hall–Kier alpha value is -5.16. The van der Waals surface area contributed by atoms with Gasteiger partial charge in [-0.05, 0) is 47.4 Å². The third kappa shape index (κ3) is 5.54. The number of aromatic nitrogens is 3. The molecule has 0 amide bonds. The first-order chi connectivity index (χ1) is 21.0. The zero-order chi connectivity index (χ0) is 29.9. The number of rotatable bonds is 9. The maximum Gasteiger partial charge on any atom is 0.221 e. The Morgan fingerprint density at radius 3 is 2.77 bits per heavy atom. The summed E-state index contributed by atoms with van der Waals surface area (Å²) in [6.07, 6.45) is 7.87. The molecule has 1 aliphatic rings. The first kappa shape index (κ1) is 28.0. The third-order valence-electron chi connectivity index (χ3n) is 7.45. The van der Waals surface area contributed by atoms with Gasteiger partial charge in [-0.1, -0.05) is 24.3 Å². The number of nitrogens with zero attached hydrogens (tertiary/aromatic N) is 4. The predicted molar refractivity (Wildman–Crippen MR) is 165 cm³/mol. The average Bonchev–Trinajstić information content (AvgIpc) is 3.73. The summed E-state index contributed by atoms with van der Waals surface area (Å²) in [6.45, 7) is 0.706. The summed E-state index contributed by atoms with van der Waals surface area (Å²) in [5.74, 6) is 1.69. The summed E-state index contributed by atoms with van der Waals surface area (Å²) in [5, 5.41) is 0. The van der Waals surface area contributed by atoms with Crippen LogP contribution in [-0.4, -0.2) is 46.4 Å². The van der Waals surface area contributed by atoms with E-state index in [1.165, 1.54) is 31.1 Å². The van der Waals surface area contributed by atoms with E-state index in [1.54, 1.807) is 24.6 Å². The molecule has 2 aromatic carbocycles. The highest BCUT2D eigenvalue weighted by Crippen LogP contribution is 2.41. The molecule has 0 saturated carbocycles. The molecule has 0 saturated heterocycles. The van der Waals surface area contributed by atoms with E-state index in [-0.39, 0.29) is 23.6 Å². The molecule has 4 N–H and O–H groups in total. The van der Waals surface area contributed by atoms with Gasteiger partial charge in [0.25, 0.3) is 0 Å². The lowest BCUT2D eigenvalue weighted by Crippen LogP contribution is -2.32. The number of anilines is 2. The Kier molecular flexibility index (Phi) is 7.80. The van der Waals surface area contributed by atoms with Gasteiger partial charge in [-0.2, -0.15) is 4.98 Å². The number of carbonyl (C=O) groups excluding carboxylic acids is 1. The second-order valence-corrected chi connectivity index (χ2v) is 10.9. The van der Waals surface area contributed by atoms with Crippen LogP contribution < -0.4 is 20.9 Å². The fraction of sp³-hybridized carbons (Fsp3) is 0.188. The molecular weight excluding hydrogens is 564 g/mol. The summed E-state index contributed by atoms with van der Waals surface area (Å²) in [5.41, 5.74) is 18.7. The van der Waals surface area contributed by atoms with Crippen LogP contribution in [0.4, 0.5) is 11.8 Å². The molecule has 5 aromatic rings. The number of hydrogen-bond acceptors (Lipinski definition) is 11. The number of ether oxygens (including phenoxy) is 2. The van der Waals surface area contributed by atoms with E-state index in [4.69, 9.17) is 30.3 Å². The standard InChI is InChI=1S/C32H30N6O4S/c1-40-26-16-19(14-21-17-35-32(34)37-31(21)33)15-23(29(26)41-2)24(39)10-12-38-11-9-20-6-3-4-7-22(20)28(38)27-30(43-18-36-27)25-8-5-13-42-25/h3-8,10,12-13,15-18,28H,9,11,14H2,1-2H3,(H4,33,34,35,37). The first-order valence-corrected chi connectivity index (χ1v) is 14.5. The second kappa shape index (κ2) is 12.0. The minimum absolute atomic E-state index is 0.0992. The van der Waals surface area contributed by atoms with Gasteiger partial charge in [-0.15, -0.1) is 11.3 Å². The van der Waals surface area contributed by atoms with Gasteiger partial charge in [0.2, 0.25) is 5.95 Å². The minimum atomic E-state index is -0.235. The predicted octanol–water partition coefficient (Wildman–Crippen LogP) is 5.31. The lowest BCUT2D eigenvalue weighted by molar-refractivity contribution is 0.104. The maximum atomic E-state index is 13.8. The molecule has 0 spiro atoms. The van der Waals surface area contributed by atoms with Gasteiger partial charge >= 0.3 is 0 Å². The van der Waals surface area contributed by atoms with Gasteiger partial charge in [0.1, 0.15) is 11.6 Å². The number of ketones is 1. The van der Waals surface area contributed by atoms with Gasteiger partial charge < -0.3 is 30.3 Å².